The molecule has 0 N–H and O–H groups in total. The number of hydrogen-bond donors (Lipinski definition) is 0. The summed E-state index contributed by atoms with van der Waals surface area (Å²) in [5.74, 6) is -0.769. The molecule has 0 unspecified atom stereocenters. The van der Waals surface area contributed by atoms with Gasteiger partial charge < -0.3 is 9.47 Å². The van der Waals surface area contributed by atoms with Crippen molar-refractivity contribution in [3.8, 4) is 0 Å². The molecule has 0 aromatic heterocycles. The average Bonchev–Trinajstić information content (AvgIpc) is 2.76. The summed E-state index contributed by atoms with van der Waals surface area (Å²) in [6.07, 6.45) is 1.78. The molecule has 0 atom stereocenters. The van der Waals surface area contributed by atoms with Crippen molar-refractivity contribution in [2.24, 2.45) is 0 Å². The molecule has 1 saturated heterocycles. The molecule has 1 aliphatic carbocycles. The van der Waals surface area contributed by atoms with E-state index in [1.54, 1.807) is 13.0 Å². The van der Waals surface area contributed by atoms with Gasteiger partial charge >= 0.3 is 0 Å². The molecular weight excluding hydrogens is 204 g/mol. The number of carbonyl (C=O) groups is 1. The standard InChI is InChI=1S/C13H12O3/c1-9-8-13(15-6-7-16-13)11-5-3-2-4-10(11)12(9)14/h2-5,8H,6-7H2,1H3. The van der Waals surface area contributed by atoms with Crippen LogP contribution < -0.4 is 0 Å². The van der Waals surface area contributed by atoms with Crippen LogP contribution in [0.2, 0.25) is 0 Å². The van der Waals surface area contributed by atoms with Gasteiger partial charge in [-0.2, -0.15) is 0 Å². The topological polar surface area (TPSA) is 35.5 Å². The lowest BCUT2D eigenvalue weighted by Crippen LogP contribution is -2.31. The second kappa shape index (κ2) is 3.27. The highest BCUT2D eigenvalue weighted by atomic mass is 16.7. The first-order valence-corrected chi connectivity index (χ1v) is 5.34. The Bertz CT molecular complexity index is 482. The molecule has 0 radical (unpaired) electrons. The van der Waals surface area contributed by atoms with Crippen LogP contribution in [0, 0.1) is 0 Å². The van der Waals surface area contributed by atoms with Crippen LogP contribution in [0.4, 0.5) is 0 Å². The zero-order chi connectivity index (χ0) is 11.2. The Hall–Kier alpha value is -1.45. The largest absolute Gasteiger partial charge is 0.340 e. The first kappa shape index (κ1) is 9.75. The number of rotatable bonds is 0. The number of Topliss-reactive ketones (excluding diaryl/α,β-unsaturated/α-hetero) is 1. The van der Waals surface area contributed by atoms with E-state index < -0.39 is 5.79 Å². The van der Waals surface area contributed by atoms with Gasteiger partial charge in [0.05, 0.1) is 13.2 Å². The molecule has 3 rings (SSSR count). The molecule has 16 heavy (non-hydrogen) atoms. The van der Waals surface area contributed by atoms with E-state index in [0.717, 1.165) is 5.56 Å². The van der Waals surface area contributed by atoms with Gasteiger partial charge in [-0.3, -0.25) is 4.79 Å². The van der Waals surface area contributed by atoms with Crippen molar-refractivity contribution in [2.75, 3.05) is 13.2 Å². The Morgan fingerprint density at radius 1 is 1.19 bits per heavy atom. The van der Waals surface area contributed by atoms with Crippen LogP contribution in [0.3, 0.4) is 0 Å². The van der Waals surface area contributed by atoms with Crippen LogP contribution in [-0.4, -0.2) is 19.0 Å². The van der Waals surface area contributed by atoms with Crippen molar-refractivity contribution in [1.29, 1.82) is 0 Å². The van der Waals surface area contributed by atoms with E-state index >= 15 is 0 Å². The van der Waals surface area contributed by atoms with Crippen molar-refractivity contribution >= 4 is 5.78 Å². The maximum Gasteiger partial charge on any atom is 0.216 e. The number of ketones is 1. The van der Waals surface area contributed by atoms with Crippen LogP contribution in [-0.2, 0) is 15.3 Å². The number of carbonyl (C=O) groups excluding carboxylic acids is 1. The molecule has 1 spiro atoms. The summed E-state index contributed by atoms with van der Waals surface area (Å²) in [7, 11) is 0. The van der Waals surface area contributed by atoms with E-state index in [0.29, 0.717) is 24.4 Å². The fourth-order valence-corrected chi connectivity index (χ4v) is 2.29. The number of benzene rings is 1. The third-order valence-corrected chi connectivity index (χ3v) is 3.03. The van der Waals surface area contributed by atoms with Crippen molar-refractivity contribution in [2.45, 2.75) is 12.7 Å². The smallest absolute Gasteiger partial charge is 0.216 e. The predicted molar refractivity (Wildman–Crippen MR) is 58.1 cm³/mol. The second-order valence-electron chi connectivity index (χ2n) is 4.07. The zero-order valence-corrected chi connectivity index (χ0v) is 9.03. The van der Waals surface area contributed by atoms with E-state index in [-0.39, 0.29) is 5.78 Å². The summed E-state index contributed by atoms with van der Waals surface area (Å²) < 4.78 is 11.4. The number of hydrogen-bond acceptors (Lipinski definition) is 3. The summed E-state index contributed by atoms with van der Waals surface area (Å²) >= 11 is 0. The van der Waals surface area contributed by atoms with Crippen molar-refractivity contribution in [3.05, 3.63) is 47.0 Å². The Morgan fingerprint density at radius 2 is 1.88 bits per heavy atom. The van der Waals surface area contributed by atoms with Gasteiger partial charge in [-0.15, -0.1) is 0 Å². The molecule has 3 nitrogen and oxygen atoms in total. The van der Waals surface area contributed by atoms with E-state index in [1.807, 2.05) is 24.3 Å². The van der Waals surface area contributed by atoms with Gasteiger partial charge in [-0.1, -0.05) is 24.3 Å². The van der Waals surface area contributed by atoms with Gasteiger partial charge in [-0.25, -0.2) is 0 Å². The normalized spacial score (nSPS) is 22.1. The lowest BCUT2D eigenvalue weighted by atomic mass is 9.87. The molecular formula is C13H12O3. The molecule has 1 fully saturated rings. The third kappa shape index (κ3) is 1.19. The Kier molecular flexibility index (Phi) is 1.99. The Morgan fingerprint density at radius 3 is 2.62 bits per heavy atom. The van der Waals surface area contributed by atoms with Crippen molar-refractivity contribution < 1.29 is 14.3 Å². The highest BCUT2D eigenvalue weighted by Crippen LogP contribution is 2.39. The number of fused-ring (bicyclic) bond motifs is 2. The van der Waals surface area contributed by atoms with Crippen molar-refractivity contribution in [3.63, 3.8) is 0 Å². The minimum Gasteiger partial charge on any atom is -0.340 e. The quantitative estimate of drug-likeness (QED) is 0.665. The molecule has 1 heterocycles. The monoisotopic (exact) mass is 216 g/mol. The fraction of sp³-hybridized carbons (Fsp3) is 0.308. The third-order valence-electron chi connectivity index (χ3n) is 3.03. The first-order valence-electron chi connectivity index (χ1n) is 5.34. The molecule has 1 aliphatic heterocycles. The van der Waals surface area contributed by atoms with Gasteiger partial charge in [-0.05, 0) is 18.6 Å². The molecule has 1 aromatic rings. The number of allylic oxidation sites excluding steroid dienone is 1. The van der Waals surface area contributed by atoms with Gasteiger partial charge in [0, 0.05) is 11.1 Å². The van der Waals surface area contributed by atoms with Crippen LogP contribution >= 0.6 is 0 Å². The SMILES string of the molecule is CC1=CC2(OCCO2)c2ccccc2C1=O. The van der Waals surface area contributed by atoms with Gasteiger partial charge in [0.25, 0.3) is 0 Å². The fourth-order valence-electron chi connectivity index (χ4n) is 2.29. The summed E-state index contributed by atoms with van der Waals surface area (Å²) in [5, 5.41) is 0. The van der Waals surface area contributed by atoms with Gasteiger partial charge in [0.2, 0.25) is 5.79 Å². The lowest BCUT2D eigenvalue weighted by Gasteiger charge is -2.30. The van der Waals surface area contributed by atoms with Crippen LogP contribution in [0.15, 0.2) is 35.9 Å². The van der Waals surface area contributed by atoms with E-state index in [4.69, 9.17) is 9.47 Å². The van der Waals surface area contributed by atoms with Gasteiger partial charge in [0.15, 0.2) is 5.78 Å². The highest BCUT2D eigenvalue weighted by Gasteiger charge is 2.42. The summed E-state index contributed by atoms with van der Waals surface area (Å²) in [4.78, 5) is 12.0. The average molecular weight is 216 g/mol. The Balaban J connectivity index is 2.24. The Labute approximate surface area is 93.7 Å². The highest BCUT2D eigenvalue weighted by molar-refractivity contribution is 6.10. The predicted octanol–water partition coefficient (Wildman–Crippen LogP) is 2.03. The maximum absolute atomic E-state index is 12.0. The first-order chi connectivity index (χ1) is 7.73. The molecule has 0 bridgehead atoms. The van der Waals surface area contributed by atoms with E-state index in [2.05, 4.69) is 0 Å². The minimum atomic E-state index is -0.825. The molecule has 2 aliphatic rings. The van der Waals surface area contributed by atoms with E-state index in [1.165, 1.54) is 0 Å². The molecule has 0 amide bonds. The maximum atomic E-state index is 12.0. The summed E-state index contributed by atoms with van der Waals surface area (Å²) in [6, 6.07) is 7.47. The zero-order valence-electron chi connectivity index (χ0n) is 9.03. The molecule has 82 valence electrons. The summed E-state index contributed by atoms with van der Waals surface area (Å²) in [6.45, 7) is 2.92. The van der Waals surface area contributed by atoms with Crippen LogP contribution in [0.25, 0.3) is 0 Å². The molecule has 1 aromatic carbocycles. The second-order valence-corrected chi connectivity index (χ2v) is 4.07. The van der Waals surface area contributed by atoms with Gasteiger partial charge in [0.1, 0.15) is 0 Å². The lowest BCUT2D eigenvalue weighted by molar-refractivity contribution is -0.124. The van der Waals surface area contributed by atoms with Crippen LogP contribution in [0.1, 0.15) is 22.8 Å². The van der Waals surface area contributed by atoms with E-state index in [9.17, 15) is 4.79 Å². The van der Waals surface area contributed by atoms with Crippen molar-refractivity contribution in [1.82, 2.24) is 0 Å². The summed E-state index contributed by atoms with van der Waals surface area (Å²) in [5.41, 5.74) is 2.19. The molecule has 3 heteroatoms. The molecule has 0 saturated carbocycles. The van der Waals surface area contributed by atoms with Crippen LogP contribution in [0.5, 0.6) is 0 Å². The minimum absolute atomic E-state index is 0.0559. The number of ether oxygens (including phenoxy) is 2.